The monoisotopic (exact) mass is 539 g/mol. The summed E-state index contributed by atoms with van der Waals surface area (Å²) in [4.78, 5) is 9.62. The van der Waals surface area contributed by atoms with Gasteiger partial charge >= 0.3 is 6.18 Å². The lowest BCUT2D eigenvalue weighted by Gasteiger charge is -2.12. The maximum Gasteiger partial charge on any atom is 0.411 e. The van der Waals surface area contributed by atoms with Crippen LogP contribution in [0.1, 0.15) is 16.8 Å². The van der Waals surface area contributed by atoms with Gasteiger partial charge in [-0.3, -0.25) is 9.39 Å². The van der Waals surface area contributed by atoms with E-state index in [0.717, 1.165) is 16.2 Å². The van der Waals surface area contributed by atoms with Gasteiger partial charge in [-0.15, -0.1) is 35.3 Å². The van der Waals surface area contributed by atoms with Crippen LogP contribution in [-0.2, 0) is 24.4 Å². The van der Waals surface area contributed by atoms with Crippen LogP contribution in [-0.4, -0.2) is 35.2 Å². The van der Waals surface area contributed by atoms with Crippen molar-refractivity contribution in [2.75, 3.05) is 13.7 Å². The molecule has 0 bridgehead atoms. The van der Waals surface area contributed by atoms with Crippen molar-refractivity contribution in [1.29, 1.82) is 0 Å². The van der Waals surface area contributed by atoms with Crippen molar-refractivity contribution in [2.24, 2.45) is 4.99 Å². The molecule has 3 rings (SSSR count). The molecule has 0 saturated heterocycles. The minimum absolute atomic E-state index is 0. The zero-order valence-electron chi connectivity index (χ0n) is 15.6. The molecule has 0 radical (unpaired) electrons. The molecule has 0 saturated carbocycles. The van der Waals surface area contributed by atoms with Gasteiger partial charge in [-0.1, -0.05) is 24.3 Å². The first-order valence-electron chi connectivity index (χ1n) is 8.51. The Morgan fingerprint density at radius 1 is 1.17 bits per heavy atom. The van der Waals surface area contributed by atoms with E-state index in [4.69, 9.17) is 0 Å². The number of hydrogen-bond acceptors (Lipinski definition) is 4. The number of guanidine groups is 1. The predicted molar refractivity (Wildman–Crippen MR) is 118 cm³/mol. The molecule has 0 aliphatic heterocycles. The zero-order chi connectivity index (χ0) is 20.0. The standard InChI is InChI=1S/C18H20F3N5OS.HI/c1-22-16(24-9-15-10-26-6-7-28-17(26)25-15)23-8-13-2-4-14(5-3-13)11-27-12-18(19,20)21;/h2-7,10H,8-9,11-12H2,1H3,(H2,22,23,24);1H. The molecule has 0 spiro atoms. The van der Waals surface area contributed by atoms with Crippen LogP contribution in [0.2, 0.25) is 0 Å². The molecule has 0 aliphatic rings. The van der Waals surface area contributed by atoms with Gasteiger partial charge in [0, 0.05) is 31.4 Å². The molecule has 0 atom stereocenters. The summed E-state index contributed by atoms with van der Waals surface area (Å²) in [5.41, 5.74) is 2.58. The van der Waals surface area contributed by atoms with Crippen molar-refractivity contribution in [1.82, 2.24) is 20.0 Å². The molecule has 2 aromatic heterocycles. The van der Waals surface area contributed by atoms with Crippen LogP contribution in [0.4, 0.5) is 13.2 Å². The first kappa shape index (κ1) is 23.4. The second-order valence-corrected chi connectivity index (χ2v) is 6.90. The highest BCUT2D eigenvalue weighted by atomic mass is 127. The number of thiazole rings is 1. The number of aliphatic imine (C=N–C) groups is 1. The lowest BCUT2D eigenvalue weighted by atomic mass is 10.1. The third kappa shape index (κ3) is 7.48. The molecule has 2 N–H and O–H groups in total. The summed E-state index contributed by atoms with van der Waals surface area (Å²) in [6.07, 6.45) is -0.383. The summed E-state index contributed by atoms with van der Waals surface area (Å²) in [6.45, 7) is -0.239. The molecule has 2 heterocycles. The molecule has 11 heteroatoms. The Bertz CT molecular complexity index is 895. The quantitative estimate of drug-likeness (QED) is 0.271. The van der Waals surface area contributed by atoms with Crippen molar-refractivity contribution >= 4 is 46.2 Å². The molecule has 0 aliphatic carbocycles. The van der Waals surface area contributed by atoms with Crippen molar-refractivity contribution < 1.29 is 17.9 Å². The van der Waals surface area contributed by atoms with Crippen LogP contribution in [0.5, 0.6) is 0 Å². The number of fused-ring (bicyclic) bond motifs is 1. The first-order valence-corrected chi connectivity index (χ1v) is 9.39. The minimum Gasteiger partial charge on any atom is -0.367 e. The van der Waals surface area contributed by atoms with Crippen LogP contribution in [0.3, 0.4) is 0 Å². The van der Waals surface area contributed by atoms with Crippen LogP contribution in [0.15, 0.2) is 47.0 Å². The summed E-state index contributed by atoms with van der Waals surface area (Å²) in [7, 11) is 1.68. The van der Waals surface area contributed by atoms with Gasteiger partial charge in [-0.05, 0) is 11.1 Å². The van der Waals surface area contributed by atoms with Gasteiger partial charge in [0.05, 0.1) is 18.8 Å². The van der Waals surface area contributed by atoms with Gasteiger partial charge in [0.1, 0.15) is 6.61 Å². The number of nitrogens with one attached hydrogen (secondary N) is 2. The SMILES string of the molecule is CN=C(NCc1ccc(COCC(F)(F)F)cc1)NCc1cn2ccsc2n1.I. The number of halogens is 4. The highest BCUT2D eigenvalue weighted by Crippen LogP contribution is 2.16. The summed E-state index contributed by atoms with van der Waals surface area (Å²) in [6, 6.07) is 7.19. The van der Waals surface area contributed by atoms with E-state index in [0.29, 0.717) is 24.6 Å². The smallest absolute Gasteiger partial charge is 0.367 e. The van der Waals surface area contributed by atoms with Crippen molar-refractivity contribution in [3.8, 4) is 0 Å². The first-order chi connectivity index (χ1) is 13.4. The second-order valence-electron chi connectivity index (χ2n) is 6.03. The van der Waals surface area contributed by atoms with E-state index < -0.39 is 12.8 Å². The molecule has 3 aromatic rings. The van der Waals surface area contributed by atoms with Crippen LogP contribution < -0.4 is 10.6 Å². The van der Waals surface area contributed by atoms with Crippen molar-refractivity contribution in [2.45, 2.75) is 25.9 Å². The van der Waals surface area contributed by atoms with Crippen LogP contribution >= 0.6 is 35.3 Å². The average molecular weight is 539 g/mol. The number of imidazole rings is 1. The topological polar surface area (TPSA) is 63.0 Å². The number of alkyl halides is 3. The highest BCUT2D eigenvalue weighted by molar-refractivity contribution is 14.0. The molecular formula is C18H21F3IN5OS. The van der Waals surface area contributed by atoms with E-state index in [-0.39, 0.29) is 30.6 Å². The van der Waals surface area contributed by atoms with Gasteiger partial charge in [-0.25, -0.2) is 4.98 Å². The molecule has 1 aromatic carbocycles. The average Bonchev–Trinajstić information content (AvgIpc) is 3.23. The predicted octanol–water partition coefficient (Wildman–Crippen LogP) is 3.96. The summed E-state index contributed by atoms with van der Waals surface area (Å²) in [5.74, 6) is 0.633. The molecule has 6 nitrogen and oxygen atoms in total. The molecule has 0 amide bonds. The normalized spacial score (nSPS) is 12.1. The third-order valence-electron chi connectivity index (χ3n) is 3.82. The van der Waals surface area contributed by atoms with E-state index in [1.165, 1.54) is 0 Å². The van der Waals surface area contributed by atoms with Crippen LogP contribution in [0.25, 0.3) is 4.96 Å². The lowest BCUT2D eigenvalue weighted by molar-refractivity contribution is -0.176. The number of ether oxygens (including phenoxy) is 1. The minimum atomic E-state index is -4.31. The number of nitrogens with zero attached hydrogens (tertiary/aromatic N) is 3. The Hall–Kier alpha value is -1.86. The van der Waals surface area contributed by atoms with Gasteiger partial charge in [-0.2, -0.15) is 13.2 Å². The number of hydrogen-bond donors (Lipinski definition) is 2. The molecule has 29 heavy (non-hydrogen) atoms. The highest BCUT2D eigenvalue weighted by Gasteiger charge is 2.27. The Morgan fingerprint density at radius 2 is 1.86 bits per heavy atom. The largest absolute Gasteiger partial charge is 0.411 e. The fourth-order valence-electron chi connectivity index (χ4n) is 2.48. The maximum absolute atomic E-state index is 12.1. The van der Waals surface area contributed by atoms with Gasteiger partial charge < -0.3 is 15.4 Å². The van der Waals surface area contributed by atoms with E-state index in [1.807, 2.05) is 34.3 Å². The third-order valence-corrected chi connectivity index (χ3v) is 4.59. The second kappa shape index (κ2) is 10.8. The number of benzene rings is 1. The summed E-state index contributed by atoms with van der Waals surface area (Å²) < 4.78 is 42.9. The van der Waals surface area contributed by atoms with Crippen molar-refractivity contribution in [3.63, 3.8) is 0 Å². The Balaban J connectivity index is 0.00000300. The Labute approximate surface area is 187 Å². The molecule has 158 valence electrons. The fraction of sp³-hybridized carbons (Fsp3) is 0.333. The van der Waals surface area contributed by atoms with Crippen molar-refractivity contribution in [3.05, 3.63) is 58.9 Å². The fourth-order valence-corrected chi connectivity index (χ4v) is 3.20. The van der Waals surface area contributed by atoms with Gasteiger partial charge in [0.25, 0.3) is 0 Å². The van der Waals surface area contributed by atoms with Gasteiger partial charge in [0.15, 0.2) is 10.9 Å². The zero-order valence-corrected chi connectivity index (χ0v) is 18.7. The van der Waals surface area contributed by atoms with E-state index in [1.54, 1.807) is 30.5 Å². The van der Waals surface area contributed by atoms with E-state index in [2.05, 4.69) is 25.3 Å². The molecule has 0 fully saturated rings. The molecular weight excluding hydrogens is 518 g/mol. The van der Waals surface area contributed by atoms with Crippen LogP contribution in [0, 0.1) is 0 Å². The Morgan fingerprint density at radius 3 is 2.52 bits per heavy atom. The lowest BCUT2D eigenvalue weighted by Crippen LogP contribution is -2.36. The van der Waals surface area contributed by atoms with Gasteiger partial charge in [0.2, 0.25) is 0 Å². The Kier molecular flexibility index (Phi) is 8.71. The summed E-state index contributed by atoms with van der Waals surface area (Å²) in [5, 5.41) is 8.37. The number of aromatic nitrogens is 2. The van der Waals surface area contributed by atoms with E-state index >= 15 is 0 Å². The van der Waals surface area contributed by atoms with E-state index in [9.17, 15) is 13.2 Å². The number of rotatable bonds is 7. The maximum atomic E-state index is 12.1. The molecule has 0 unspecified atom stereocenters. The summed E-state index contributed by atoms with van der Waals surface area (Å²) >= 11 is 1.58.